The van der Waals surface area contributed by atoms with E-state index in [9.17, 15) is 9.18 Å². The summed E-state index contributed by atoms with van der Waals surface area (Å²) >= 11 is 1.21. The number of carbonyl (C=O) groups excluding carboxylic acids is 1. The zero-order chi connectivity index (χ0) is 18.6. The van der Waals surface area contributed by atoms with Crippen LogP contribution in [0.1, 0.15) is 0 Å². The molecule has 0 radical (unpaired) electrons. The molecule has 3 aromatic carbocycles. The predicted octanol–water partition coefficient (Wildman–Crippen LogP) is 5.87. The van der Waals surface area contributed by atoms with Gasteiger partial charge in [-0.1, -0.05) is 29.5 Å². The predicted molar refractivity (Wildman–Crippen MR) is 105 cm³/mol. The fourth-order valence-corrected chi connectivity index (χ4v) is 3.33. The fraction of sp³-hybridized carbons (Fsp3) is 0. The number of halogens is 1. The summed E-state index contributed by atoms with van der Waals surface area (Å²) in [6.07, 6.45) is 0. The van der Waals surface area contributed by atoms with Gasteiger partial charge in [-0.2, -0.15) is 0 Å². The number of benzene rings is 3. The smallest absolute Gasteiger partial charge is 0.325 e. The van der Waals surface area contributed by atoms with Crippen molar-refractivity contribution in [1.82, 2.24) is 4.98 Å². The molecule has 1 aromatic heterocycles. The van der Waals surface area contributed by atoms with Gasteiger partial charge in [0.1, 0.15) is 17.3 Å². The maximum Gasteiger partial charge on any atom is 0.325 e. The minimum absolute atomic E-state index is 0.333. The Hall–Kier alpha value is -3.45. The van der Waals surface area contributed by atoms with Gasteiger partial charge in [0.2, 0.25) is 0 Å². The van der Waals surface area contributed by atoms with Gasteiger partial charge in [0, 0.05) is 5.69 Å². The Bertz CT molecular complexity index is 1080. The maximum atomic E-state index is 13.2. The topological polar surface area (TPSA) is 63.2 Å². The van der Waals surface area contributed by atoms with Crippen LogP contribution < -0.4 is 15.4 Å². The minimum atomic E-state index is -0.425. The van der Waals surface area contributed by atoms with Crippen molar-refractivity contribution in [2.24, 2.45) is 0 Å². The van der Waals surface area contributed by atoms with Gasteiger partial charge >= 0.3 is 6.03 Å². The number of hydrogen-bond acceptors (Lipinski definition) is 4. The fourth-order valence-electron chi connectivity index (χ4n) is 2.44. The summed E-state index contributed by atoms with van der Waals surface area (Å²) in [7, 11) is 0. The Morgan fingerprint density at radius 2 is 1.67 bits per heavy atom. The van der Waals surface area contributed by atoms with Crippen LogP contribution in [0.5, 0.6) is 11.5 Å². The van der Waals surface area contributed by atoms with Gasteiger partial charge in [0.15, 0.2) is 5.13 Å². The van der Waals surface area contributed by atoms with E-state index in [4.69, 9.17) is 4.74 Å². The molecule has 0 saturated carbocycles. The Balaban J connectivity index is 1.38. The van der Waals surface area contributed by atoms with E-state index >= 15 is 0 Å². The van der Waals surface area contributed by atoms with Crippen molar-refractivity contribution in [1.29, 1.82) is 0 Å². The van der Waals surface area contributed by atoms with Crippen molar-refractivity contribution in [2.75, 3.05) is 10.6 Å². The molecule has 0 aliphatic heterocycles. The van der Waals surface area contributed by atoms with Crippen molar-refractivity contribution in [2.45, 2.75) is 0 Å². The first-order chi connectivity index (χ1) is 13.2. The largest absolute Gasteiger partial charge is 0.457 e. The van der Waals surface area contributed by atoms with Crippen LogP contribution in [-0.2, 0) is 0 Å². The molecule has 0 fully saturated rings. The number of hydrogen-bond donors (Lipinski definition) is 2. The van der Waals surface area contributed by atoms with E-state index in [1.54, 1.807) is 30.3 Å². The Kier molecular flexibility index (Phi) is 4.67. The van der Waals surface area contributed by atoms with E-state index in [2.05, 4.69) is 15.6 Å². The Morgan fingerprint density at radius 3 is 2.44 bits per heavy atom. The highest BCUT2D eigenvalue weighted by Crippen LogP contribution is 2.27. The quantitative estimate of drug-likeness (QED) is 0.466. The number of carbonyl (C=O) groups is 1. The number of para-hydroxylation sites is 1. The van der Waals surface area contributed by atoms with Crippen LogP contribution in [0.15, 0.2) is 72.8 Å². The summed E-state index contributed by atoms with van der Waals surface area (Å²) in [5, 5.41) is 5.78. The second-order valence-corrected chi connectivity index (χ2v) is 6.68. The van der Waals surface area contributed by atoms with Gasteiger partial charge in [-0.3, -0.25) is 5.32 Å². The van der Waals surface area contributed by atoms with E-state index in [1.165, 1.54) is 23.5 Å². The molecular weight excluding hydrogens is 365 g/mol. The summed E-state index contributed by atoms with van der Waals surface area (Å²) in [6.45, 7) is 0. The highest BCUT2D eigenvalue weighted by molar-refractivity contribution is 7.22. The van der Waals surface area contributed by atoms with E-state index in [-0.39, 0.29) is 5.82 Å². The summed E-state index contributed by atoms with van der Waals surface area (Å²) in [5.74, 6) is 1.07. The monoisotopic (exact) mass is 379 g/mol. The molecule has 0 unspecified atom stereocenters. The number of urea groups is 1. The van der Waals surface area contributed by atoms with Crippen molar-refractivity contribution in [3.8, 4) is 11.5 Å². The molecule has 2 amide bonds. The number of nitrogens with zero attached hydrogens (tertiary/aromatic N) is 1. The Labute approximate surface area is 158 Å². The van der Waals surface area contributed by atoms with Crippen molar-refractivity contribution in [3.63, 3.8) is 0 Å². The Morgan fingerprint density at radius 1 is 0.926 bits per heavy atom. The average molecular weight is 379 g/mol. The molecule has 4 rings (SSSR count). The highest BCUT2D eigenvalue weighted by Gasteiger charge is 2.09. The second-order valence-electron chi connectivity index (χ2n) is 5.65. The van der Waals surface area contributed by atoms with Crippen molar-refractivity contribution in [3.05, 3.63) is 78.6 Å². The first kappa shape index (κ1) is 17.0. The lowest BCUT2D eigenvalue weighted by Crippen LogP contribution is -2.19. The third kappa shape index (κ3) is 4.21. The van der Waals surface area contributed by atoms with Gasteiger partial charge in [0.05, 0.1) is 10.2 Å². The summed E-state index contributed by atoms with van der Waals surface area (Å²) in [6, 6.07) is 20.3. The van der Waals surface area contributed by atoms with Crippen molar-refractivity contribution >= 4 is 38.4 Å². The number of aromatic nitrogens is 1. The third-order valence-corrected chi connectivity index (χ3v) is 4.60. The lowest BCUT2D eigenvalue weighted by Gasteiger charge is -2.08. The van der Waals surface area contributed by atoms with Crippen LogP contribution in [0.25, 0.3) is 10.2 Å². The van der Waals surface area contributed by atoms with Gasteiger partial charge in [-0.05, 0) is 54.6 Å². The molecule has 0 aliphatic rings. The van der Waals surface area contributed by atoms with E-state index in [1.807, 2.05) is 30.3 Å². The molecule has 0 bridgehead atoms. The van der Waals surface area contributed by atoms with Crippen LogP contribution in [0.4, 0.5) is 20.0 Å². The van der Waals surface area contributed by atoms with Crippen LogP contribution in [0.2, 0.25) is 0 Å². The third-order valence-electron chi connectivity index (χ3n) is 3.66. The van der Waals surface area contributed by atoms with Gasteiger partial charge < -0.3 is 10.1 Å². The molecule has 0 atom stereocenters. The molecular formula is C20H14FN3O2S. The molecule has 1 heterocycles. The molecule has 4 aromatic rings. The van der Waals surface area contributed by atoms with Crippen LogP contribution in [0, 0.1) is 5.82 Å². The average Bonchev–Trinajstić information content (AvgIpc) is 3.05. The molecule has 5 nitrogen and oxygen atoms in total. The molecule has 0 saturated heterocycles. The zero-order valence-corrected chi connectivity index (χ0v) is 14.8. The molecule has 0 spiro atoms. The number of ether oxygens (including phenoxy) is 1. The molecule has 2 N–H and O–H groups in total. The van der Waals surface area contributed by atoms with Crippen LogP contribution in [-0.4, -0.2) is 11.0 Å². The maximum absolute atomic E-state index is 13.2. The second kappa shape index (κ2) is 7.43. The standard InChI is InChI=1S/C20H14FN3O2S/c21-13-6-11-17-18(12-13)27-20(23-17)24-19(25)22-14-7-9-16(10-8-14)26-15-4-2-1-3-5-15/h1-12H,(H2,22,23,24,25). The summed E-state index contributed by atoms with van der Waals surface area (Å²) in [4.78, 5) is 16.4. The number of rotatable bonds is 4. The first-order valence-electron chi connectivity index (χ1n) is 8.13. The molecule has 0 aliphatic carbocycles. The molecule has 134 valence electrons. The SMILES string of the molecule is O=C(Nc1ccc(Oc2ccccc2)cc1)Nc1nc2ccc(F)cc2s1. The lowest BCUT2D eigenvalue weighted by atomic mass is 10.3. The lowest BCUT2D eigenvalue weighted by molar-refractivity contribution is 0.262. The minimum Gasteiger partial charge on any atom is -0.457 e. The highest BCUT2D eigenvalue weighted by atomic mass is 32.1. The van der Waals surface area contributed by atoms with Crippen LogP contribution in [0.3, 0.4) is 0 Å². The number of anilines is 2. The normalized spacial score (nSPS) is 10.6. The zero-order valence-electron chi connectivity index (χ0n) is 14.0. The van der Waals surface area contributed by atoms with Crippen molar-refractivity contribution < 1.29 is 13.9 Å². The number of nitrogens with one attached hydrogen (secondary N) is 2. The number of thiazole rings is 1. The van der Waals surface area contributed by atoms with Crippen LogP contribution >= 0.6 is 11.3 Å². The first-order valence-corrected chi connectivity index (χ1v) is 8.94. The van der Waals surface area contributed by atoms with E-state index in [0.29, 0.717) is 26.8 Å². The van der Waals surface area contributed by atoms with Gasteiger partial charge in [-0.15, -0.1) is 0 Å². The summed E-state index contributed by atoms with van der Waals surface area (Å²) < 4.78 is 19.6. The van der Waals surface area contributed by atoms with Gasteiger partial charge in [0.25, 0.3) is 0 Å². The van der Waals surface area contributed by atoms with E-state index < -0.39 is 6.03 Å². The van der Waals surface area contributed by atoms with Gasteiger partial charge in [-0.25, -0.2) is 14.2 Å². The number of fused-ring (bicyclic) bond motifs is 1. The molecule has 7 heteroatoms. The molecule has 27 heavy (non-hydrogen) atoms. The summed E-state index contributed by atoms with van der Waals surface area (Å²) in [5.41, 5.74) is 1.25. The number of amides is 2. The van der Waals surface area contributed by atoms with E-state index in [0.717, 1.165) is 5.75 Å².